The summed E-state index contributed by atoms with van der Waals surface area (Å²) in [5.41, 5.74) is 10.8. The van der Waals surface area contributed by atoms with Gasteiger partial charge in [0.25, 0.3) is 0 Å². The number of aromatic hydroxyl groups is 3. The van der Waals surface area contributed by atoms with Gasteiger partial charge in [-0.1, -0.05) is 83.9 Å². The maximum absolute atomic E-state index is 16.8. The molecule has 9 aliphatic rings. The predicted octanol–water partition coefficient (Wildman–Crippen LogP) is 0.0902. The zero-order valence-corrected chi connectivity index (χ0v) is 69.4. The lowest BCUT2D eigenvalue weighted by atomic mass is 9.89. The number of fused-ring (bicyclic) bond motifs is 15. The van der Waals surface area contributed by atoms with Gasteiger partial charge in [-0.3, -0.25) is 28.8 Å². The molecule has 24 N–H and O–H groups in total. The van der Waals surface area contributed by atoms with Crippen molar-refractivity contribution in [3.05, 3.63) is 182 Å². The number of ether oxygens (including phenoxy) is 11. The summed E-state index contributed by atoms with van der Waals surface area (Å²) in [6, 6.07) is 11.3. The number of nitrogens with two attached hydrogens (primary N) is 2. The first-order valence-electron chi connectivity index (χ1n) is 40.3. The van der Waals surface area contributed by atoms with Crippen LogP contribution in [-0.2, 0) is 73.1 Å². The van der Waals surface area contributed by atoms with Crippen LogP contribution in [0.25, 0.3) is 11.1 Å². The number of aliphatic carboxylic acids is 1. The van der Waals surface area contributed by atoms with Crippen molar-refractivity contribution in [2.75, 3.05) is 27.4 Å². The molecule has 40 nitrogen and oxygen atoms in total. The Balaban J connectivity index is 0.998. The number of nitrogens with one attached hydrogen (secondary N) is 7. The highest BCUT2D eigenvalue weighted by atomic mass is 35.5. The molecule has 4 saturated heterocycles. The number of carbonyl (C=O) groups is 7. The third-order valence-electron chi connectivity index (χ3n) is 23.1. The molecule has 0 aromatic heterocycles. The Kier molecular flexibility index (Phi) is 28.4. The van der Waals surface area contributed by atoms with Crippen LogP contribution in [0.15, 0.2) is 133 Å². The second-order valence-corrected chi connectivity index (χ2v) is 32.4. The van der Waals surface area contributed by atoms with Gasteiger partial charge in [-0.15, -0.1) is 0 Å². The van der Waals surface area contributed by atoms with Gasteiger partial charge in [0, 0.05) is 61.2 Å². The first-order valence-corrected chi connectivity index (χ1v) is 41.0. The van der Waals surface area contributed by atoms with Gasteiger partial charge >= 0.3 is 5.97 Å². The van der Waals surface area contributed by atoms with Crippen molar-refractivity contribution >= 4 is 64.6 Å². The number of carbonyl (C=O) groups excluding carboxylic acids is 6. The Hall–Kier alpha value is -10.8. The molecule has 0 aliphatic carbocycles. The number of methoxy groups -OCH3 is 1. The molecule has 7 aromatic rings. The summed E-state index contributed by atoms with van der Waals surface area (Å²) in [6.07, 6.45) is -30.7. The highest BCUT2D eigenvalue weighted by Gasteiger charge is 2.52. The van der Waals surface area contributed by atoms with E-state index in [1.807, 2.05) is 0 Å². The van der Waals surface area contributed by atoms with E-state index in [9.17, 15) is 76.0 Å². The normalized spacial score (nSPS) is 31.9. The van der Waals surface area contributed by atoms with Crippen LogP contribution in [0, 0.1) is 0 Å². The average Bonchev–Trinajstić information content (AvgIpc) is 0.770. The van der Waals surface area contributed by atoms with E-state index in [-0.39, 0.29) is 57.4 Å². The zero-order chi connectivity index (χ0) is 91.0. The average molecular weight is 1810 g/mol. The van der Waals surface area contributed by atoms with Crippen LogP contribution in [-0.4, -0.2) is 264 Å². The minimum atomic E-state index is -2.43. The SMILES string of the molecule is CNC(C(=O)NC1C(=O)NC(Cc2ccccc2)C(=O)NC2C(=O)NC3C(=O)NC(C(=O)NC(C(=O)O)c4cc(OC5OC(CO)C(O)C(O)C5O)cc(O)c4-c4cc3ccc4O)[C@H](OC3CC(N)C(OC)C(C)O3)c3ccc(c(Cl)c3)Oc3cc2cc(c3OC2OC(CO)C(O)C(O)C2OC2CC(N)C(O)C(C)O2)Oc2ccc(cc2)[C@H]1O)c1ccc(O)c(Cl)c1. The maximum atomic E-state index is 16.8. The minimum Gasteiger partial charge on any atom is -0.507 e. The molecule has 27 atom stereocenters. The van der Waals surface area contributed by atoms with Crippen molar-refractivity contribution in [2.45, 2.75) is 198 Å². The molecule has 0 radical (unpaired) electrons. The van der Waals surface area contributed by atoms with Crippen molar-refractivity contribution in [2.24, 2.45) is 11.5 Å². The Bertz CT molecular complexity index is 5200. The molecule has 0 spiro atoms. The molecule has 9 heterocycles. The zero-order valence-electron chi connectivity index (χ0n) is 67.9. The highest BCUT2D eigenvalue weighted by Crippen LogP contribution is 2.50. The molecule has 42 heteroatoms. The Morgan fingerprint density at radius 1 is 0.559 bits per heavy atom. The summed E-state index contributed by atoms with van der Waals surface area (Å²) in [6.45, 7) is 1.19. The summed E-state index contributed by atoms with van der Waals surface area (Å²) < 4.78 is 69.6. The van der Waals surface area contributed by atoms with E-state index in [0.717, 1.165) is 42.5 Å². The monoisotopic (exact) mass is 1810 g/mol. The fourth-order valence-corrected chi connectivity index (χ4v) is 16.7. The lowest BCUT2D eigenvalue weighted by Crippen LogP contribution is -2.62. The van der Waals surface area contributed by atoms with Crippen LogP contribution in [0.1, 0.15) is 102 Å². The summed E-state index contributed by atoms with van der Waals surface area (Å²) in [5, 5.41) is 165. The van der Waals surface area contributed by atoms with Crippen LogP contribution >= 0.6 is 23.2 Å². The van der Waals surface area contributed by atoms with E-state index in [1.165, 1.54) is 81.7 Å². The van der Waals surface area contributed by atoms with Crippen molar-refractivity contribution in [1.82, 2.24) is 37.2 Å². The molecule has 7 aromatic carbocycles. The van der Waals surface area contributed by atoms with Gasteiger partial charge in [0.15, 0.2) is 36.2 Å². The molecule has 0 saturated carbocycles. The first-order chi connectivity index (χ1) is 60.6. The number of likely N-dealkylation sites (N-methyl/N-ethyl adjacent to an activating group) is 1. The van der Waals surface area contributed by atoms with Crippen LogP contribution < -0.4 is 67.6 Å². The third kappa shape index (κ3) is 19.7. The number of carboxylic acids is 1. The summed E-state index contributed by atoms with van der Waals surface area (Å²) in [5.74, 6) is -14.5. The van der Waals surface area contributed by atoms with Crippen LogP contribution in [0.4, 0.5) is 0 Å². The van der Waals surface area contributed by atoms with E-state index in [0.29, 0.717) is 5.56 Å². The molecular weight excluding hydrogens is 1710 g/mol. The number of hydrogen-bond donors (Lipinski definition) is 22. The number of carboxylic acid groups (broad SMARTS) is 1. The number of rotatable bonds is 18. The summed E-state index contributed by atoms with van der Waals surface area (Å²) in [4.78, 5) is 110. The molecule has 25 unspecified atom stereocenters. The molecule has 127 heavy (non-hydrogen) atoms. The van der Waals surface area contributed by atoms with E-state index in [2.05, 4.69) is 37.2 Å². The highest BCUT2D eigenvalue weighted by molar-refractivity contribution is 6.32. The molecular formula is C85H95Cl2N9O31. The van der Waals surface area contributed by atoms with E-state index >= 15 is 24.0 Å². The van der Waals surface area contributed by atoms with Crippen molar-refractivity contribution < 1.29 is 152 Å². The Labute approximate surface area is 732 Å². The largest absolute Gasteiger partial charge is 0.507 e. The van der Waals surface area contributed by atoms with Crippen molar-refractivity contribution in [3.63, 3.8) is 0 Å². The van der Waals surface area contributed by atoms with E-state index in [4.69, 9.17) is 86.8 Å². The van der Waals surface area contributed by atoms with Gasteiger partial charge in [0.1, 0.15) is 126 Å². The smallest absolute Gasteiger partial charge is 0.330 e. The molecule has 9 aliphatic heterocycles. The van der Waals surface area contributed by atoms with Crippen molar-refractivity contribution in [1.29, 1.82) is 0 Å². The van der Waals surface area contributed by atoms with Crippen LogP contribution in [0.3, 0.4) is 0 Å². The topological polar surface area (TPSA) is 620 Å². The Morgan fingerprint density at radius 3 is 1.85 bits per heavy atom. The third-order valence-corrected chi connectivity index (χ3v) is 23.7. The fourth-order valence-electron chi connectivity index (χ4n) is 16.3. The Morgan fingerprint density at radius 2 is 1.19 bits per heavy atom. The van der Waals surface area contributed by atoms with Gasteiger partial charge in [-0.05, 0) is 121 Å². The quantitative estimate of drug-likeness (QED) is 0.0541. The number of amides is 6. The number of aliphatic hydroxyl groups is 9. The number of phenols is 3. The summed E-state index contributed by atoms with van der Waals surface area (Å²) in [7, 11) is 2.78. The van der Waals surface area contributed by atoms with Gasteiger partial charge in [-0.2, -0.15) is 0 Å². The molecule has 11 bridgehead atoms. The standard InChI is InChI=1S/C85H95Cl2N9O31/c1-32-66(102)46(88)28-57(118-32)126-76-71(107)69(105)56(31-98)124-85(76)127-75-53-24-39-25-54(75)122-52-19-14-38(23-45(52)87)74(125-58-29-47(89)73(117-4)33(2)119-58)65-82(114)94-63(83(115)116)43-26-41(121-84-72(108)70(106)68(104)55(30-97)123-84)27-51(101)59(43)42-21-36(12-17-49(42)99)61(79(111)96-65)93-80(112)62(39)92-77(109)48(20-34-8-6-5-7-9-34)91-81(113)64(67(103)35-10-15-40(120-53)16-11-35)95-78(110)60(90-3)37-13-18-50(100)44(86)22-37/h5-19,21-27,32-33,46-48,55-58,60-74,76,84-85,90,97-108H,20,28-31,88-89H2,1-4H3,(H,91,113)(H,92,109)(H,93,112)(H,94,114)(H,95,110)(H,96,111)(H,115,116)/t32?,33?,46?,47?,48?,55?,56?,57?,58?,60?,61?,62?,63?,64?,65?,66?,67-,68?,69?,70?,71?,72?,73?,74-,76?,84?,85?/m1/s1. The first kappa shape index (κ1) is 92.4. The number of halogens is 2. The second-order valence-electron chi connectivity index (χ2n) is 31.6. The van der Waals surface area contributed by atoms with E-state index in [1.54, 1.807) is 37.3 Å². The van der Waals surface area contributed by atoms with Gasteiger partial charge in [-0.25, -0.2) is 4.79 Å². The minimum absolute atomic E-state index is 0.0703. The van der Waals surface area contributed by atoms with Crippen LogP contribution in [0.5, 0.6) is 51.7 Å². The maximum Gasteiger partial charge on any atom is 0.330 e. The molecule has 680 valence electrons. The number of benzene rings is 7. The van der Waals surface area contributed by atoms with Gasteiger partial charge in [0.05, 0.1) is 47.7 Å². The van der Waals surface area contributed by atoms with Gasteiger partial charge in [0.2, 0.25) is 53.8 Å². The lowest BCUT2D eigenvalue weighted by Gasteiger charge is -2.44. The fraction of sp³-hybridized carbons (Fsp3) is 0.424. The van der Waals surface area contributed by atoms with Gasteiger partial charge < -0.3 is 167 Å². The molecule has 6 amide bonds. The van der Waals surface area contributed by atoms with Crippen molar-refractivity contribution in [3.8, 4) is 62.9 Å². The lowest BCUT2D eigenvalue weighted by molar-refractivity contribution is -0.330. The molecule has 16 rings (SSSR count). The van der Waals surface area contributed by atoms with Crippen LogP contribution in [0.2, 0.25) is 10.0 Å². The molecule has 4 fully saturated rings. The predicted molar refractivity (Wildman–Crippen MR) is 438 cm³/mol. The second kappa shape index (κ2) is 39.1. The number of hydrogen-bond acceptors (Lipinski definition) is 33. The number of phenolic OH excluding ortho intramolecular Hbond substituents is 3. The number of aliphatic hydroxyl groups excluding tert-OH is 9. The van der Waals surface area contributed by atoms with E-state index < -0.39 is 288 Å². The summed E-state index contributed by atoms with van der Waals surface area (Å²) >= 11 is 13.8.